The maximum Gasteiger partial charge on any atom is 0.358 e. The molecule has 0 spiro atoms. The molecule has 0 aliphatic rings. The lowest BCUT2D eigenvalue weighted by atomic mass is 10.3. The van der Waals surface area contributed by atoms with Gasteiger partial charge in [0.15, 0.2) is 5.69 Å². The number of para-hydroxylation sites is 1. The van der Waals surface area contributed by atoms with Crippen LogP contribution in [0.5, 0.6) is 0 Å². The number of methoxy groups -OCH3 is 1. The van der Waals surface area contributed by atoms with E-state index in [9.17, 15) is 4.79 Å². The van der Waals surface area contributed by atoms with Gasteiger partial charge in [0, 0.05) is 7.11 Å². The Balaban J connectivity index is 2.44. The summed E-state index contributed by atoms with van der Waals surface area (Å²) in [6.07, 6.45) is 0. The predicted octanol–water partition coefficient (Wildman–Crippen LogP) is 1.11. The van der Waals surface area contributed by atoms with Crippen molar-refractivity contribution in [1.82, 2.24) is 15.0 Å². The average Bonchev–Trinajstić information content (AvgIpc) is 2.75. The zero-order valence-electron chi connectivity index (χ0n) is 9.20. The molecule has 0 saturated heterocycles. The van der Waals surface area contributed by atoms with E-state index in [-0.39, 0.29) is 12.3 Å². The summed E-state index contributed by atoms with van der Waals surface area (Å²) in [5, 5.41) is 17.0. The molecule has 1 heterocycles. The standard InChI is InChI=1S/C11H11N3O3/c1-17-7-9-10(11(15)16)13-14(12-9)8-5-3-2-4-6-8/h2-6H,7H2,1H3,(H,15,16). The molecule has 0 atom stereocenters. The summed E-state index contributed by atoms with van der Waals surface area (Å²) in [6.45, 7) is 0.120. The van der Waals surface area contributed by atoms with Crippen molar-refractivity contribution in [2.75, 3.05) is 7.11 Å². The van der Waals surface area contributed by atoms with Crippen molar-refractivity contribution in [3.8, 4) is 5.69 Å². The lowest BCUT2D eigenvalue weighted by molar-refractivity contribution is 0.0685. The van der Waals surface area contributed by atoms with E-state index in [1.165, 1.54) is 11.9 Å². The highest BCUT2D eigenvalue weighted by Crippen LogP contribution is 2.09. The predicted molar refractivity (Wildman–Crippen MR) is 59.0 cm³/mol. The van der Waals surface area contributed by atoms with Crippen LogP contribution in [0, 0.1) is 0 Å². The number of carboxylic acids is 1. The molecule has 88 valence electrons. The van der Waals surface area contributed by atoms with Gasteiger partial charge in [-0.25, -0.2) is 4.79 Å². The van der Waals surface area contributed by atoms with Crippen molar-refractivity contribution < 1.29 is 14.6 Å². The Morgan fingerprint density at radius 2 is 2.06 bits per heavy atom. The molecule has 0 radical (unpaired) electrons. The van der Waals surface area contributed by atoms with Gasteiger partial charge in [-0.1, -0.05) is 18.2 Å². The van der Waals surface area contributed by atoms with Crippen LogP contribution in [0.3, 0.4) is 0 Å². The first kappa shape index (κ1) is 11.3. The molecule has 0 bridgehead atoms. The van der Waals surface area contributed by atoms with E-state index in [1.54, 1.807) is 12.1 Å². The van der Waals surface area contributed by atoms with Gasteiger partial charge < -0.3 is 9.84 Å². The van der Waals surface area contributed by atoms with Gasteiger partial charge in [0.2, 0.25) is 0 Å². The number of hydrogen-bond acceptors (Lipinski definition) is 4. The molecular weight excluding hydrogens is 222 g/mol. The van der Waals surface area contributed by atoms with E-state index >= 15 is 0 Å². The Bertz CT molecular complexity index is 522. The van der Waals surface area contributed by atoms with Crippen LogP contribution in [0.4, 0.5) is 0 Å². The molecule has 1 aromatic carbocycles. The molecule has 0 saturated carbocycles. The van der Waals surface area contributed by atoms with E-state index in [2.05, 4.69) is 10.2 Å². The molecule has 2 aromatic rings. The molecule has 0 amide bonds. The number of carboxylic acid groups (broad SMARTS) is 1. The largest absolute Gasteiger partial charge is 0.476 e. The number of hydrogen-bond donors (Lipinski definition) is 1. The molecule has 17 heavy (non-hydrogen) atoms. The van der Waals surface area contributed by atoms with Crippen LogP contribution >= 0.6 is 0 Å². The number of rotatable bonds is 4. The van der Waals surface area contributed by atoms with Crippen LogP contribution < -0.4 is 0 Å². The van der Waals surface area contributed by atoms with E-state index in [0.29, 0.717) is 11.4 Å². The van der Waals surface area contributed by atoms with Crippen molar-refractivity contribution in [3.63, 3.8) is 0 Å². The zero-order valence-corrected chi connectivity index (χ0v) is 9.20. The quantitative estimate of drug-likeness (QED) is 0.855. The van der Waals surface area contributed by atoms with Crippen molar-refractivity contribution in [2.24, 2.45) is 0 Å². The first-order valence-electron chi connectivity index (χ1n) is 4.96. The first-order chi connectivity index (χ1) is 8.22. The molecule has 6 heteroatoms. The van der Waals surface area contributed by atoms with Crippen molar-refractivity contribution in [1.29, 1.82) is 0 Å². The fraction of sp³-hybridized carbons (Fsp3) is 0.182. The number of aromatic nitrogens is 3. The highest BCUT2D eigenvalue weighted by Gasteiger charge is 2.17. The van der Waals surface area contributed by atoms with E-state index in [4.69, 9.17) is 9.84 Å². The normalized spacial score (nSPS) is 10.4. The third kappa shape index (κ3) is 2.31. The Hall–Kier alpha value is -2.21. The lowest BCUT2D eigenvalue weighted by Crippen LogP contribution is -2.03. The molecule has 2 rings (SSSR count). The summed E-state index contributed by atoms with van der Waals surface area (Å²) < 4.78 is 4.89. The van der Waals surface area contributed by atoms with Crippen LogP contribution in [0.2, 0.25) is 0 Å². The van der Waals surface area contributed by atoms with E-state index in [0.717, 1.165) is 0 Å². The van der Waals surface area contributed by atoms with Gasteiger partial charge in [0.1, 0.15) is 5.69 Å². The van der Waals surface area contributed by atoms with Crippen molar-refractivity contribution in [2.45, 2.75) is 6.61 Å². The van der Waals surface area contributed by atoms with Gasteiger partial charge >= 0.3 is 5.97 Å². The highest BCUT2D eigenvalue weighted by molar-refractivity contribution is 5.86. The summed E-state index contributed by atoms with van der Waals surface area (Å²) in [4.78, 5) is 12.3. The Labute approximate surface area is 97.4 Å². The summed E-state index contributed by atoms with van der Waals surface area (Å²) in [5.41, 5.74) is 0.928. The van der Waals surface area contributed by atoms with Crippen LogP contribution in [0.1, 0.15) is 16.2 Å². The topological polar surface area (TPSA) is 77.2 Å². The van der Waals surface area contributed by atoms with Gasteiger partial charge in [-0.15, -0.1) is 10.2 Å². The number of nitrogens with zero attached hydrogens (tertiary/aromatic N) is 3. The van der Waals surface area contributed by atoms with Gasteiger partial charge in [-0.2, -0.15) is 4.80 Å². The van der Waals surface area contributed by atoms with Crippen LogP contribution in [0.25, 0.3) is 5.69 Å². The second kappa shape index (κ2) is 4.75. The van der Waals surface area contributed by atoms with Crippen LogP contribution in [-0.2, 0) is 11.3 Å². The number of benzene rings is 1. The van der Waals surface area contributed by atoms with Gasteiger partial charge in [0.25, 0.3) is 0 Å². The minimum atomic E-state index is -1.11. The van der Waals surface area contributed by atoms with Gasteiger partial charge in [0.05, 0.1) is 12.3 Å². The lowest BCUT2D eigenvalue weighted by Gasteiger charge is -1.96. The fourth-order valence-electron chi connectivity index (χ4n) is 1.41. The SMILES string of the molecule is COCc1nn(-c2ccccc2)nc1C(=O)O. The van der Waals surface area contributed by atoms with E-state index < -0.39 is 5.97 Å². The second-order valence-corrected chi connectivity index (χ2v) is 3.36. The summed E-state index contributed by atoms with van der Waals surface area (Å²) in [5.74, 6) is -1.11. The number of ether oxygens (including phenoxy) is 1. The summed E-state index contributed by atoms with van der Waals surface area (Å²) in [6, 6.07) is 9.11. The average molecular weight is 233 g/mol. The van der Waals surface area contributed by atoms with Crippen molar-refractivity contribution >= 4 is 5.97 Å². The summed E-state index contributed by atoms with van der Waals surface area (Å²) >= 11 is 0. The second-order valence-electron chi connectivity index (χ2n) is 3.36. The number of carbonyl (C=O) groups is 1. The third-order valence-corrected chi connectivity index (χ3v) is 2.15. The number of aromatic carboxylic acids is 1. The fourth-order valence-corrected chi connectivity index (χ4v) is 1.41. The molecule has 1 N–H and O–H groups in total. The maximum absolute atomic E-state index is 11.0. The zero-order chi connectivity index (χ0) is 12.3. The Kier molecular flexibility index (Phi) is 3.15. The van der Waals surface area contributed by atoms with Gasteiger partial charge in [-0.3, -0.25) is 0 Å². The van der Waals surface area contributed by atoms with Gasteiger partial charge in [-0.05, 0) is 12.1 Å². The van der Waals surface area contributed by atoms with Crippen LogP contribution in [0.15, 0.2) is 30.3 Å². The minimum absolute atomic E-state index is 0.0873. The molecule has 6 nitrogen and oxygen atoms in total. The monoisotopic (exact) mass is 233 g/mol. The third-order valence-electron chi connectivity index (χ3n) is 2.15. The molecule has 0 aliphatic heterocycles. The molecule has 0 aliphatic carbocycles. The molecule has 1 aromatic heterocycles. The molecule has 0 unspecified atom stereocenters. The molecular formula is C11H11N3O3. The van der Waals surface area contributed by atoms with E-state index in [1.807, 2.05) is 18.2 Å². The highest BCUT2D eigenvalue weighted by atomic mass is 16.5. The molecule has 0 fully saturated rings. The minimum Gasteiger partial charge on any atom is -0.476 e. The Morgan fingerprint density at radius 3 is 2.65 bits per heavy atom. The Morgan fingerprint density at radius 1 is 1.35 bits per heavy atom. The smallest absolute Gasteiger partial charge is 0.358 e. The first-order valence-corrected chi connectivity index (χ1v) is 4.96. The summed E-state index contributed by atoms with van der Waals surface area (Å²) in [7, 11) is 1.48. The maximum atomic E-state index is 11.0. The van der Waals surface area contributed by atoms with Crippen LogP contribution in [-0.4, -0.2) is 33.2 Å². The van der Waals surface area contributed by atoms with Crippen molar-refractivity contribution in [3.05, 3.63) is 41.7 Å².